The fourth-order valence-corrected chi connectivity index (χ4v) is 2.65. The van der Waals surface area contributed by atoms with Gasteiger partial charge in [0.25, 0.3) is 0 Å². The van der Waals surface area contributed by atoms with E-state index in [1.54, 1.807) is 53.9 Å². The number of halogens is 1. The number of para-hydroxylation sites is 1. The molecule has 0 fully saturated rings. The maximum atomic E-state index is 12.3. The van der Waals surface area contributed by atoms with E-state index in [4.69, 9.17) is 11.6 Å². The Labute approximate surface area is 144 Å². The molecular weight excluding hydrogens is 328 g/mol. The van der Waals surface area contributed by atoms with Gasteiger partial charge in [-0.3, -0.25) is 0 Å². The van der Waals surface area contributed by atoms with Crippen LogP contribution in [0.5, 0.6) is 0 Å². The molecule has 1 unspecified atom stereocenters. The molecule has 8 heteroatoms. The summed E-state index contributed by atoms with van der Waals surface area (Å²) in [6.07, 6.45) is 8.69. The third-order valence-electron chi connectivity index (χ3n) is 3.39. The highest BCUT2D eigenvalue weighted by atomic mass is 35.5. The van der Waals surface area contributed by atoms with Gasteiger partial charge < -0.3 is 15.2 Å². The first kappa shape index (κ1) is 16.1. The summed E-state index contributed by atoms with van der Waals surface area (Å²) in [4.78, 5) is 16.2. The molecule has 3 aromatic rings. The van der Waals surface area contributed by atoms with Crippen molar-refractivity contribution in [2.45, 2.75) is 19.5 Å². The molecule has 3 rings (SSSR count). The molecule has 0 radical (unpaired) electrons. The van der Waals surface area contributed by atoms with Gasteiger partial charge in [-0.1, -0.05) is 17.7 Å². The van der Waals surface area contributed by atoms with E-state index in [2.05, 4.69) is 20.7 Å². The first-order valence-corrected chi connectivity index (χ1v) is 7.83. The van der Waals surface area contributed by atoms with Crippen LogP contribution in [0, 0.1) is 0 Å². The summed E-state index contributed by atoms with van der Waals surface area (Å²) >= 11 is 6.26. The van der Waals surface area contributed by atoms with E-state index in [1.807, 2.05) is 17.7 Å². The number of aromatic nitrogens is 4. The van der Waals surface area contributed by atoms with E-state index < -0.39 is 0 Å². The Morgan fingerprint density at radius 3 is 2.88 bits per heavy atom. The molecule has 7 nitrogen and oxygen atoms in total. The molecule has 0 bridgehead atoms. The molecule has 2 heterocycles. The van der Waals surface area contributed by atoms with Crippen molar-refractivity contribution >= 4 is 23.3 Å². The van der Waals surface area contributed by atoms with Gasteiger partial charge in [0.15, 0.2) is 0 Å². The molecule has 0 spiro atoms. The van der Waals surface area contributed by atoms with Crippen LogP contribution in [0.25, 0.3) is 5.69 Å². The average molecular weight is 345 g/mol. The number of anilines is 1. The normalized spacial score (nSPS) is 11.9. The summed E-state index contributed by atoms with van der Waals surface area (Å²) in [5.41, 5.74) is 1.21. The predicted molar refractivity (Wildman–Crippen MR) is 92.4 cm³/mol. The maximum absolute atomic E-state index is 12.3. The van der Waals surface area contributed by atoms with Crippen molar-refractivity contribution in [3.8, 4) is 5.69 Å². The third kappa shape index (κ3) is 3.75. The number of amides is 2. The number of rotatable bonds is 5. The van der Waals surface area contributed by atoms with Crippen LogP contribution in [0.15, 0.2) is 55.4 Å². The van der Waals surface area contributed by atoms with Gasteiger partial charge in [-0.05, 0) is 25.1 Å². The molecule has 0 aliphatic carbocycles. The number of urea groups is 1. The zero-order chi connectivity index (χ0) is 16.9. The number of nitrogens with zero attached hydrogens (tertiary/aromatic N) is 4. The largest absolute Gasteiger partial charge is 0.335 e. The van der Waals surface area contributed by atoms with Crippen molar-refractivity contribution in [1.29, 1.82) is 0 Å². The van der Waals surface area contributed by atoms with Gasteiger partial charge in [0.2, 0.25) is 0 Å². The van der Waals surface area contributed by atoms with E-state index in [-0.39, 0.29) is 12.1 Å². The van der Waals surface area contributed by atoms with Crippen molar-refractivity contribution in [3.05, 3.63) is 60.4 Å². The number of nitrogens with one attached hydrogen (secondary N) is 2. The molecule has 1 atom stereocenters. The molecule has 0 saturated carbocycles. The molecule has 2 N–H and O–H groups in total. The van der Waals surface area contributed by atoms with E-state index in [9.17, 15) is 4.79 Å². The van der Waals surface area contributed by atoms with Gasteiger partial charge >= 0.3 is 6.03 Å². The highest BCUT2D eigenvalue weighted by molar-refractivity contribution is 6.33. The number of benzene rings is 1. The van der Waals surface area contributed by atoms with Gasteiger partial charge in [0, 0.05) is 37.4 Å². The Hall–Kier alpha value is -2.80. The lowest BCUT2D eigenvalue weighted by atomic mass is 10.2. The standard InChI is InChI=1S/C16H17ClN6O/c1-12(10-22-9-7-18-11-22)20-16(24)21-14-5-2-4-13(17)15(14)23-8-3-6-19-23/h2-9,11-12H,10H2,1H3,(H2,20,21,24). The predicted octanol–water partition coefficient (Wildman–Crippen LogP) is 2.93. The maximum Gasteiger partial charge on any atom is 0.319 e. The lowest BCUT2D eigenvalue weighted by Crippen LogP contribution is -2.38. The second-order valence-corrected chi connectivity index (χ2v) is 5.75. The van der Waals surface area contributed by atoms with Gasteiger partial charge in [0.1, 0.15) is 5.69 Å². The van der Waals surface area contributed by atoms with Crippen LogP contribution in [0.2, 0.25) is 5.02 Å². The minimum Gasteiger partial charge on any atom is -0.335 e. The van der Waals surface area contributed by atoms with Gasteiger partial charge in [-0.15, -0.1) is 0 Å². The monoisotopic (exact) mass is 344 g/mol. The van der Waals surface area contributed by atoms with Crippen LogP contribution in [0.1, 0.15) is 6.92 Å². The SMILES string of the molecule is CC(Cn1ccnc1)NC(=O)Nc1cccc(Cl)c1-n1cccn1. The van der Waals surface area contributed by atoms with Crippen LogP contribution >= 0.6 is 11.6 Å². The fourth-order valence-electron chi connectivity index (χ4n) is 2.39. The average Bonchev–Trinajstić information content (AvgIpc) is 3.20. The number of carbonyl (C=O) groups excluding carboxylic acids is 1. The van der Waals surface area contributed by atoms with Crippen LogP contribution in [-0.2, 0) is 6.54 Å². The molecule has 2 aromatic heterocycles. The Morgan fingerprint density at radius 2 is 2.17 bits per heavy atom. The first-order chi connectivity index (χ1) is 11.6. The quantitative estimate of drug-likeness (QED) is 0.747. The van der Waals surface area contributed by atoms with Crippen LogP contribution in [0.4, 0.5) is 10.5 Å². The third-order valence-corrected chi connectivity index (χ3v) is 3.69. The van der Waals surface area contributed by atoms with Crippen LogP contribution in [-0.4, -0.2) is 31.4 Å². The second kappa shape index (κ2) is 7.18. The highest BCUT2D eigenvalue weighted by Crippen LogP contribution is 2.27. The summed E-state index contributed by atoms with van der Waals surface area (Å²) in [5.74, 6) is 0. The van der Waals surface area contributed by atoms with Gasteiger partial charge in [-0.25, -0.2) is 14.5 Å². The highest BCUT2D eigenvalue weighted by Gasteiger charge is 2.13. The van der Waals surface area contributed by atoms with Crippen molar-refractivity contribution in [2.75, 3.05) is 5.32 Å². The Morgan fingerprint density at radius 1 is 1.29 bits per heavy atom. The molecular formula is C16H17ClN6O. The molecule has 0 aliphatic rings. The first-order valence-electron chi connectivity index (χ1n) is 7.45. The van der Waals surface area contributed by atoms with Crippen molar-refractivity contribution in [1.82, 2.24) is 24.6 Å². The zero-order valence-electron chi connectivity index (χ0n) is 13.1. The molecule has 2 amide bonds. The Bertz CT molecular complexity index is 800. The van der Waals surface area contributed by atoms with Crippen molar-refractivity contribution < 1.29 is 4.79 Å². The Kier molecular flexibility index (Phi) is 4.81. The fraction of sp³-hybridized carbons (Fsp3) is 0.188. The van der Waals surface area contributed by atoms with Crippen molar-refractivity contribution in [2.24, 2.45) is 0 Å². The van der Waals surface area contributed by atoms with E-state index in [0.717, 1.165) is 0 Å². The molecule has 1 aromatic carbocycles. The molecule has 0 saturated heterocycles. The van der Waals surface area contributed by atoms with Crippen LogP contribution < -0.4 is 10.6 Å². The number of hydrogen-bond donors (Lipinski definition) is 2. The summed E-state index contributed by atoms with van der Waals surface area (Å²) < 4.78 is 3.52. The zero-order valence-corrected chi connectivity index (χ0v) is 13.8. The molecule has 124 valence electrons. The van der Waals surface area contributed by atoms with Gasteiger partial charge in [0.05, 0.1) is 17.0 Å². The summed E-state index contributed by atoms with van der Waals surface area (Å²) in [5, 5.41) is 10.4. The number of imidazole rings is 1. The minimum absolute atomic E-state index is 0.0634. The summed E-state index contributed by atoms with van der Waals surface area (Å²) in [7, 11) is 0. The van der Waals surface area contributed by atoms with Crippen molar-refractivity contribution in [3.63, 3.8) is 0 Å². The van der Waals surface area contributed by atoms with E-state index in [0.29, 0.717) is 22.9 Å². The van der Waals surface area contributed by atoms with Gasteiger partial charge in [-0.2, -0.15) is 5.10 Å². The minimum atomic E-state index is -0.307. The summed E-state index contributed by atoms with van der Waals surface area (Å²) in [6, 6.07) is 6.73. The van der Waals surface area contributed by atoms with E-state index in [1.165, 1.54) is 0 Å². The molecule has 0 aliphatic heterocycles. The number of hydrogen-bond acceptors (Lipinski definition) is 3. The smallest absolute Gasteiger partial charge is 0.319 e. The van der Waals surface area contributed by atoms with Crippen LogP contribution in [0.3, 0.4) is 0 Å². The van der Waals surface area contributed by atoms with E-state index >= 15 is 0 Å². The second-order valence-electron chi connectivity index (χ2n) is 5.35. The number of carbonyl (C=O) groups is 1. The lowest BCUT2D eigenvalue weighted by molar-refractivity contribution is 0.248. The topological polar surface area (TPSA) is 76.8 Å². The molecule has 24 heavy (non-hydrogen) atoms. The Balaban J connectivity index is 1.69. The summed E-state index contributed by atoms with van der Waals surface area (Å²) in [6.45, 7) is 2.56. The lowest BCUT2D eigenvalue weighted by Gasteiger charge is -2.17.